The Kier molecular flexibility index (Phi) is 4.21. The lowest BCUT2D eigenvalue weighted by molar-refractivity contribution is 0.454. The molecule has 0 fully saturated rings. The van der Waals surface area contributed by atoms with Gasteiger partial charge in [0.2, 0.25) is 0 Å². The minimum atomic E-state index is 0.613. The van der Waals surface area contributed by atoms with Crippen LogP contribution in [-0.4, -0.2) is 13.1 Å². The number of fused-ring (bicyclic) bond motifs is 1. The molecule has 0 aliphatic heterocycles. The van der Waals surface area contributed by atoms with Crippen LogP contribution in [0.3, 0.4) is 0 Å². The van der Waals surface area contributed by atoms with Gasteiger partial charge in [0, 0.05) is 11.8 Å². The van der Waals surface area contributed by atoms with E-state index in [0.29, 0.717) is 5.92 Å². The molecule has 1 atom stereocenters. The second-order valence-corrected chi connectivity index (χ2v) is 4.76. The summed E-state index contributed by atoms with van der Waals surface area (Å²) in [6.45, 7) is 6.61. The number of hydrogen-bond acceptors (Lipinski definition) is 2. The Bertz CT molecular complexity index is 428. The summed E-state index contributed by atoms with van der Waals surface area (Å²) in [5, 5.41) is 4.65. The zero-order chi connectivity index (χ0) is 12.1. The van der Waals surface area contributed by atoms with Crippen molar-refractivity contribution in [1.29, 1.82) is 0 Å². The molecule has 0 aliphatic carbocycles. The van der Waals surface area contributed by atoms with Gasteiger partial charge in [-0.2, -0.15) is 0 Å². The summed E-state index contributed by atoms with van der Waals surface area (Å²) in [5.74, 6) is 1.71. The van der Waals surface area contributed by atoms with Crippen molar-refractivity contribution < 1.29 is 4.42 Å². The Morgan fingerprint density at radius 1 is 1.29 bits per heavy atom. The maximum absolute atomic E-state index is 5.82. The lowest BCUT2D eigenvalue weighted by Gasteiger charge is -2.10. The molecular weight excluding hydrogens is 210 g/mol. The predicted octanol–water partition coefficient (Wildman–Crippen LogP) is 3.61. The summed E-state index contributed by atoms with van der Waals surface area (Å²) < 4.78 is 5.82. The first-order valence-corrected chi connectivity index (χ1v) is 6.47. The molecule has 0 saturated carbocycles. The third kappa shape index (κ3) is 3.34. The average molecular weight is 231 g/mol. The molecule has 0 spiro atoms. The SMILES string of the molecule is CCCNCC(C)Cc1cc2ccccc2o1. The van der Waals surface area contributed by atoms with Crippen LogP contribution in [0, 0.1) is 5.92 Å². The van der Waals surface area contributed by atoms with Crippen LogP contribution in [0.15, 0.2) is 34.7 Å². The molecule has 1 unspecified atom stereocenters. The Labute approximate surface area is 103 Å². The fourth-order valence-corrected chi connectivity index (χ4v) is 2.08. The summed E-state index contributed by atoms with van der Waals surface area (Å²) in [6, 6.07) is 10.3. The number of furan rings is 1. The predicted molar refractivity (Wildman–Crippen MR) is 72.2 cm³/mol. The summed E-state index contributed by atoms with van der Waals surface area (Å²) in [6.07, 6.45) is 2.20. The molecule has 1 N–H and O–H groups in total. The lowest BCUT2D eigenvalue weighted by atomic mass is 10.1. The van der Waals surface area contributed by atoms with Gasteiger partial charge in [0.1, 0.15) is 11.3 Å². The van der Waals surface area contributed by atoms with Gasteiger partial charge in [0.25, 0.3) is 0 Å². The van der Waals surface area contributed by atoms with Gasteiger partial charge in [-0.1, -0.05) is 32.0 Å². The molecule has 1 aromatic carbocycles. The van der Waals surface area contributed by atoms with Gasteiger partial charge in [-0.3, -0.25) is 0 Å². The van der Waals surface area contributed by atoms with Gasteiger partial charge in [0.05, 0.1) is 0 Å². The minimum absolute atomic E-state index is 0.613. The monoisotopic (exact) mass is 231 g/mol. The summed E-state index contributed by atoms with van der Waals surface area (Å²) in [4.78, 5) is 0. The number of nitrogens with one attached hydrogen (secondary N) is 1. The molecule has 1 aromatic heterocycles. The van der Waals surface area contributed by atoms with E-state index in [1.807, 2.05) is 18.2 Å². The highest BCUT2D eigenvalue weighted by molar-refractivity contribution is 5.77. The van der Waals surface area contributed by atoms with Crippen LogP contribution in [0.25, 0.3) is 11.0 Å². The number of rotatable bonds is 6. The first-order chi connectivity index (χ1) is 8.29. The van der Waals surface area contributed by atoms with Crippen LogP contribution in [0.1, 0.15) is 26.0 Å². The quantitative estimate of drug-likeness (QED) is 0.768. The Morgan fingerprint density at radius 2 is 2.12 bits per heavy atom. The van der Waals surface area contributed by atoms with Crippen molar-refractivity contribution in [3.63, 3.8) is 0 Å². The van der Waals surface area contributed by atoms with Crippen LogP contribution < -0.4 is 5.32 Å². The molecule has 0 saturated heterocycles. The molecule has 17 heavy (non-hydrogen) atoms. The minimum Gasteiger partial charge on any atom is -0.461 e. The third-order valence-electron chi connectivity index (χ3n) is 2.95. The summed E-state index contributed by atoms with van der Waals surface area (Å²) >= 11 is 0. The molecule has 0 bridgehead atoms. The molecule has 0 amide bonds. The maximum Gasteiger partial charge on any atom is 0.134 e. The highest BCUT2D eigenvalue weighted by atomic mass is 16.3. The standard InChI is InChI=1S/C15H21NO/c1-3-8-16-11-12(2)9-14-10-13-6-4-5-7-15(13)17-14/h4-7,10,12,16H,3,8-9,11H2,1-2H3. The Hall–Kier alpha value is -1.28. The average Bonchev–Trinajstić information content (AvgIpc) is 2.71. The van der Waals surface area contributed by atoms with Crippen LogP contribution in [0.5, 0.6) is 0 Å². The van der Waals surface area contributed by atoms with Crippen molar-refractivity contribution in [2.24, 2.45) is 5.92 Å². The molecule has 0 aliphatic rings. The molecular formula is C15H21NO. The van der Waals surface area contributed by atoms with Crippen molar-refractivity contribution in [3.8, 4) is 0 Å². The maximum atomic E-state index is 5.82. The van der Waals surface area contributed by atoms with E-state index in [1.54, 1.807) is 0 Å². The molecule has 1 heterocycles. The zero-order valence-electron chi connectivity index (χ0n) is 10.7. The molecule has 2 nitrogen and oxygen atoms in total. The second-order valence-electron chi connectivity index (χ2n) is 4.76. The first-order valence-electron chi connectivity index (χ1n) is 6.47. The third-order valence-corrected chi connectivity index (χ3v) is 2.95. The Morgan fingerprint density at radius 3 is 2.88 bits per heavy atom. The fourth-order valence-electron chi connectivity index (χ4n) is 2.08. The van der Waals surface area contributed by atoms with Crippen molar-refractivity contribution >= 4 is 11.0 Å². The van der Waals surface area contributed by atoms with Gasteiger partial charge >= 0.3 is 0 Å². The van der Waals surface area contributed by atoms with E-state index in [9.17, 15) is 0 Å². The van der Waals surface area contributed by atoms with E-state index < -0.39 is 0 Å². The highest BCUT2D eigenvalue weighted by Crippen LogP contribution is 2.20. The lowest BCUT2D eigenvalue weighted by Crippen LogP contribution is -2.22. The fraction of sp³-hybridized carbons (Fsp3) is 0.467. The van der Waals surface area contributed by atoms with Crippen LogP contribution in [0.2, 0.25) is 0 Å². The van der Waals surface area contributed by atoms with E-state index >= 15 is 0 Å². The normalized spacial score (nSPS) is 13.1. The molecule has 2 heteroatoms. The van der Waals surface area contributed by atoms with E-state index in [-0.39, 0.29) is 0 Å². The van der Waals surface area contributed by atoms with Gasteiger partial charge in [0.15, 0.2) is 0 Å². The number of hydrogen-bond donors (Lipinski definition) is 1. The van der Waals surface area contributed by atoms with E-state index in [1.165, 1.54) is 11.8 Å². The molecule has 2 aromatic rings. The van der Waals surface area contributed by atoms with Crippen molar-refractivity contribution in [1.82, 2.24) is 5.32 Å². The highest BCUT2D eigenvalue weighted by Gasteiger charge is 2.08. The molecule has 2 rings (SSSR count). The summed E-state index contributed by atoms with van der Waals surface area (Å²) in [7, 11) is 0. The van der Waals surface area contributed by atoms with E-state index in [2.05, 4.69) is 31.3 Å². The van der Waals surface area contributed by atoms with Gasteiger partial charge in [-0.25, -0.2) is 0 Å². The zero-order valence-corrected chi connectivity index (χ0v) is 10.7. The van der Waals surface area contributed by atoms with Crippen LogP contribution >= 0.6 is 0 Å². The van der Waals surface area contributed by atoms with Crippen molar-refractivity contribution in [2.75, 3.05) is 13.1 Å². The number of para-hydroxylation sites is 1. The van der Waals surface area contributed by atoms with Crippen molar-refractivity contribution in [2.45, 2.75) is 26.7 Å². The van der Waals surface area contributed by atoms with Gasteiger partial charge < -0.3 is 9.73 Å². The molecule has 0 radical (unpaired) electrons. The van der Waals surface area contributed by atoms with Crippen LogP contribution in [-0.2, 0) is 6.42 Å². The summed E-state index contributed by atoms with van der Waals surface area (Å²) in [5.41, 5.74) is 0.996. The van der Waals surface area contributed by atoms with Crippen molar-refractivity contribution in [3.05, 3.63) is 36.1 Å². The Balaban J connectivity index is 1.93. The smallest absolute Gasteiger partial charge is 0.134 e. The molecule has 92 valence electrons. The van der Waals surface area contributed by atoms with E-state index in [0.717, 1.165) is 30.9 Å². The van der Waals surface area contributed by atoms with E-state index in [4.69, 9.17) is 4.42 Å². The largest absolute Gasteiger partial charge is 0.461 e. The number of benzene rings is 1. The first kappa shape index (κ1) is 12.2. The second kappa shape index (κ2) is 5.87. The van der Waals surface area contributed by atoms with Gasteiger partial charge in [-0.15, -0.1) is 0 Å². The van der Waals surface area contributed by atoms with Gasteiger partial charge in [-0.05, 0) is 37.6 Å². The van der Waals surface area contributed by atoms with Crippen LogP contribution in [0.4, 0.5) is 0 Å². The topological polar surface area (TPSA) is 25.2 Å².